The number of amides is 2. The first-order valence-electron chi connectivity index (χ1n) is 12.1. The van der Waals surface area contributed by atoms with Gasteiger partial charge >= 0.3 is 0 Å². The van der Waals surface area contributed by atoms with Gasteiger partial charge in [0.1, 0.15) is 17.6 Å². The number of halogens is 2. The van der Waals surface area contributed by atoms with Gasteiger partial charge in [-0.15, -0.1) is 0 Å². The summed E-state index contributed by atoms with van der Waals surface area (Å²) in [7, 11) is 1.57. The molecule has 0 heterocycles. The van der Waals surface area contributed by atoms with Gasteiger partial charge in [-0.3, -0.25) is 9.59 Å². The molecule has 5 nitrogen and oxygen atoms in total. The second-order valence-corrected chi connectivity index (χ2v) is 9.01. The van der Waals surface area contributed by atoms with Crippen LogP contribution < -0.4 is 10.1 Å². The maximum atomic E-state index is 14.6. The van der Waals surface area contributed by atoms with E-state index in [1.807, 2.05) is 61.5 Å². The van der Waals surface area contributed by atoms with Crippen molar-refractivity contribution in [3.8, 4) is 5.75 Å². The first kappa shape index (κ1) is 27.2. The maximum absolute atomic E-state index is 14.6. The van der Waals surface area contributed by atoms with Crippen molar-refractivity contribution in [2.24, 2.45) is 0 Å². The van der Waals surface area contributed by atoms with Gasteiger partial charge in [-0.05, 0) is 41.8 Å². The van der Waals surface area contributed by atoms with Gasteiger partial charge in [-0.2, -0.15) is 0 Å². The Morgan fingerprint density at radius 1 is 1.03 bits per heavy atom. The molecule has 0 aliphatic carbocycles. The van der Waals surface area contributed by atoms with E-state index in [1.54, 1.807) is 13.2 Å². The zero-order valence-corrected chi connectivity index (χ0v) is 21.4. The molecule has 0 aliphatic rings. The van der Waals surface area contributed by atoms with Gasteiger partial charge in [0.05, 0.1) is 13.5 Å². The van der Waals surface area contributed by atoms with E-state index in [0.717, 1.165) is 24.0 Å². The molecule has 0 aliphatic heterocycles. The molecule has 3 aromatic carbocycles. The third kappa shape index (κ3) is 7.56. The first-order valence-corrected chi connectivity index (χ1v) is 12.5. The number of carbonyl (C=O) groups is 2. The molecule has 3 rings (SSSR count). The molecule has 0 fully saturated rings. The highest BCUT2D eigenvalue weighted by atomic mass is 35.5. The summed E-state index contributed by atoms with van der Waals surface area (Å²) in [5.41, 5.74) is 1.83. The highest BCUT2D eigenvalue weighted by Crippen LogP contribution is 2.23. The minimum Gasteiger partial charge on any atom is -0.497 e. The van der Waals surface area contributed by atoms with Gasteiger partial charge in [0.2, 0.25) is 11.8 Å². The third-order valence-electron chi connectivity index (χ3n) is 5.98. The molecule has 0 aromatic heterocycles. The van der Waals surface area contributed by atoms with Crippen molar-refractivity contribution in [1.29, 1.82) is 0 Å². The van der Waals surface area contributed by atoms with E-state index < -0.39 is 17.8 Å². The molecular formula is C29H32ClFN2O3. The Morgan fingerprint density at radius 3 is 2.44 bits per heavy atom. The topological polar surface area (TPSA) is 58.6 Å². The van der Waals surface area contributed by atoms with Crippen molar-refractivity contribution >= 4 is 23.4 Å². The number of methoxy groups -OCH3 is 1. The third-order valence-corrected chi connectivity index (χ3v) is 6.33. The number of hydrogen-bond acceptors (Lipinski definition) is 3. The van der Waals surface area contributed by atoms with Crippen LogP contribution in [-0.4, -0.2) is 36.4 Å². The Bertz CT molecular complexity index is 1140. The second kappa shape index (κ2) is 13.6. The van der Waals surface area contributed by atoms with Crippen LogP contribution in [0.2, 0.25) is 5.02 Å². The monoisotopic (exact) mass is 510 g/mol. The quantitative estimate of drug-likeness (QED) is 0.323. The summed E-state index contributed by atoms with van der Waals surface area (Å²) in [6.07, 6.45) is 1.82. The van der Waals surface area contributed by atoms with Crippen LogP contribution in [-0.2, 0) is 29.0 Å². The first-order chi connectivity index (χ1) is 17.4. The molecule has 1 atom stereocenters. The van der Waals surface area contributed by atoms with E-state index >= 15 is 0 Å². The van der Waals surface area contributed by atoms with Crippen LogP contribution in [0.3, 0.4) is 0 Å². The average molecular weight is 511 g/mol. The van der Waals surface area contributed by atoms with Gasteiger partial charge in [-0.1, -0.05) is 73.5 Å². The van der Waals surface area contributed by atoms with Gasteiger partial charge in [0.25, 0.3) is 0 Å². The molecule has 190 valence electrons. The maximum Gasteiger partial charge on any atom is 0.243 e. The number of hydrogen-bond donors (Lipinski definition) is 1. The fraction of sp³-hybridized carbons (Fsp3) is 0.310. The van der Waals surface area contributed by atoms with Crippen LogP contribution in [0.4, 0.5) is 4.39 Å². The number of nitrogens with zero attached hydrogens (tertiary/aromatic N) is 1. The van der Waals surface area contributed by atoms with Crippen LogP contribution in [0.15, 0.2) is 72.8 Å². The van der Waals surface area contributed by atoms with Crippen molar-refractivity contribution in [1.82, 2.24) is 10.2 Å². The molecule has 0 spiro atoms. The highest BCUT2D eigenvalue weighted by molar-refractivity contribution is 6.31. The normalized spacial score (nSPS) is 11.6. The molecule has 2 amide bonds. The van der Waals surface area contributed by atoms with Crippen LogP contribution in [0.1, 0.15) is 36.5 Å². The summed E-state index contributed by atoms with van der Waals surface area (Å²) in [6.45, 7) is 2.71. The summed E-state index contributed by atoms with van der Waals surface area (Å²) >= 11 is 6.23. The molecule has 36 heavy (non-hydrogen) atoms. The Hall–Kier alpha value is -3.38. The molecule has 7 heteroatoms. The summed E-state index contributed by atoms with van der Waals surface area (Å²) in [5.74, 6) is -0.548. The predicted molar refractivity (Wildman–Crippen MR) is 141 cm³/mol. The van der Waals surface area contributed by atoms with Crippen molar-refractivity contribution < 1.29 is 18.7 Å². The van der Waals surface area contributed by atoms with Gasteiger partial charge in [0, 0.05) is 30.1 Å². The largest absolute Gasteiger partial charge is 0.497 e. The lowest BCUT2D eigenvalue weighted by Crippen LogP contribution is -2.51. The fourth-order valence-corrected chi connectivity index (χ4v) is 4.21. The molecule has 0 bridgehead atoms. The summed E-state index contributed by atoms with van der Waals surface area (Å²) < 4.78 is 19.9. The van der Waals surface area contributed by atoms with E-state index in [2.05, 4.69) is 5.32 Å². The zero-order chi connectivity index (χ0) is 25.9. The van der Waals surface area contributed by atoms with Crippen LogP contribution >= 0.6 is 11.6 Å². The smallest absolute Gasteiger partial charge is 0.243 e. The van der Waals surface area contributed by atoms with Crippen LogP contribution in [0.5, 0.6) is 5.75 Å². The minimum absolute atomic E-state index is 0.115. The van der Waals surface area contributed by atoms with Crippen LogP contribution in [0, 0.1) is 5.82 Å². The number of carbonyl (C=O) groups excluding carboxylic acids is 2. The van der Waals surface area contributed by atoms with Crippen molar-refractivity contribution in [3.05, 3.63) is 100 Å². The lowest BCUT2D eigenvalue weighted by Gasteiger charge is -2.32. The molecule has 0 radical (unpaired) electrons. The fourth-order valence-electron chi connectivity index (χ4n) is 3.98. The molecule has 1 N–H and O–H groups in total. The van der Waals surface area contributed by atoms with Gasteiger partial charge in [0.15, 0.2) is 0 Å². The van der Waals surface area contributed by atoms with Crippen LogP contribution in [0.25, 0.3) is 0 Å². The lowest BCUT2D eigenvalue weighted by atomic mass is 10.0. The Morgan fingerprint density at radius 2 is 1.75 bits per heavy atom. The number of nitrogens with one attached hydrogen (secondary N) is 1. The van der Waals surface area contributed by atoms with Crippen molar-refractivity contribution in [3.63, 3.8) is 0 Å². The standard InChI is InChI=1S/C29H32ClFN2O3/c1-3-4-16-32-29(35)27(18-21-10-6-5-7-11-21)33(20-22-12-8-13-23(17-22)36-2)28(34)19-24-25(30)14-9-15-26(24)31/h5-15,17,27H,3-4,16,18-20H2,1-2H3,(H,32,35)/t27-/m0/s1. The zero-order valence-electron chi connectivity index (χ0n) is 20.7. The van der Waals surface area contributed by atoms with Crippen molar-refractivity contribution in [2.45, 2.75) is 45.2 Å². The molecule has 0 unspecified atom stereocenters. The van der Waals surface area contributed by atoms with Gasteiger partial charge in [-0.25, -0.2) is 4.39 Å². The van der Waals surface area contributed by atoms with E-state index in [0.29, 0.717) is 18.7 Å². The predicted octanol–water partition coefficient (Wildman–Crippen LogP) is 5.59. The lowest BCUT2D eigenvalue weighted by molar-refractivity contribution is -0.140. The SMILES string of the molecule is CCCCNC(=O)[C@H](Cc1ccccc1)N(Cc1cccc(OC)c1)C(=O)Cc1c(F)cccc1Cl. The summed E-state index contributed by atoms with van der Waals surface area (Å²) in [5, 5.41) is 3.15. The van der Waals surface area contributed by atoms with E-state index in [1.165, 1.54) is 17.0 Å². The Labute approximate surface area is 217 Å². The molecule has 3 aromatic rings. The van der Waals surface area contributed by atoms with Crippen molar-refractivity contribution in [2.75, 3.05) is 13.7 Å². The Balaban J connectivity index is 1.99. The summed E-state index contributed by atoms with van der Waals surface area (Å²) in [4.78, 5) is 28.7. The Kier molecular flexibility index (Phi) is 10.3. The number of ether oxygens (including phenoxy) is 1. The highest BCUT2D eigenvalue weighted by Gasteiger charge is 2.31. The number of rotatable bonds is 12. The number of unbranched alkanes of at least 4 members (excludes halogenated alkanes) is 1. The van der Waals surface area contributed by atoms with Gasteiger partial charge < -0.3 is 15.0 Å². The number of benzene rings is 3. The molecule has 0 saturated carbocycles. The average Bonchev–Trinajstić information content (AvgIpc) is 2.89. The minimum atomic E-state index is -0.798. The van der Waals surface area contributed by atoms with E-state index in [9.17, 15) is 14.0 Å². The molecular weight excluding hydrogens is 479 g/mol. The summed E-state index contributed by atoms with van der Waals surface area (Å²) in [6, 6.07) is 20.4. The second-order valence-electron chi connectivity index (χ2n) is 8.60. The van der Waals surface area contributed by atoms with E-state index in [4.69, 9.17) is 16.3 Å². The molecule has 0 saturated heterocycles. The van der Waals surface area contributed by atoms with E-state index in [-0.39, 0.29) is 29.5 Å².